The van der Waals surface area contributed by atoms with Crippen molar-refractivity contribution in [1.82, 2.24) is 10.3 Å². The minimum Gasteiger partial charge on any atom is -0.328 e. The molecule has 0 atom stereocenters. The summed E-state index contributed by atoms with van der Waals surface area (Å²) in [4.78, 5) is 18.6. The average Bonchev–Trinajstić information content (AvgIpc) is 3.17. The van der Waals surface area contributed by atoms with E-state index in [0.29, 0.717) is 12.1 Å². The van der Waals surface area contributed by atoms with Gasteiger partial charge in [0, 0.05) is 24.7 Å². The van der Waals surface area contributed by atoms with Crippen molar-refractivity contribution in [3.63, 3.8) is 0 Å². The van der Waals surface area contributed by atoms with E-state index in [0.717, 1.165) is 30.6 Å². The summed E-state index contributed by atoms with van der Waals surface area (Å²) in [5.41, 5.74) is 1.82. The second-order valence-electron chi connectivity index (χ2n) is 5.86. The Hall–Kier alpha value is -2.43. The number of anilines is 1. The lowest BCUT2D eigenvalue weighted by Crippen LogP contribution is -2.44. The van der Waals surface area contributed by atoms with Gasteiger partial charge in [0.05, 0.1) is 16.9 Å². The van der Waals surface area contributed by atoms with Crippen LogP contribution in [0.3, 0.4) is 0 Å². The highest BCUT2D eigenvalue weighted by molar-refractivity contribution is 5.94. The van der Waals surface area contributed by atoms with Gasteiger partial charge in [-0.05, 0) is 31.0 Å². The lowest BCUT2D eigenvalue weighted by molar-refractivity contribution is 0.241. The zero-order valence-corrected chi connectivity index (χ0v) is 12.1. The number of amides is 2. The summed E-state index contributed by atoms with van der Waals surface area (Å²) in [7, 11) is 0. The maximum atomic E-state index is 14.0. The molecule has 1 fully saturated rings. The quantitative estimate of drug-likeness (QED) is 0.926. The van der Waals surface area contributed by atoms with Crippen molar-refractivity contribution in [1.29, 1.82) is 0 Å². The third-order valence-electron chi connectivity index (χ3n) is 4.46. The van der Waals surface area contributed by atoms with Gasteiger partial charge in [0.1, 0.15) is 5.82 Å². The highest BCUT2D eigenvalue weighted by atomic mass is 19.1. The number of nitrogens with one attached hydrogen (secondary N) is 1. The summed E-state index contributed by atoms with van der Waals surface area (Å²) >= 11 is 0. The van der Waals surface area contributed by atoms with Crippen molar-refractivity contribution >= 4 is 11.7 Å². The molecule has 1 saturated carbocycles. The molecule has 0 saturated heterocycles. The van der Waals surface area contributed by atoms with E-state index in [4.69, 9.17) is 0 Å². The summed E-state index contributed by atoms with van der Waals surface area (Å²) < 4.78 is 14.0. The van der Waals surface area contributed by atoms with E-state index in [1.165, 1.54) is 6.07 Å². The SMILES string of the molecule is O=C(NC1(c2ccccc2F)CC1)N1CCc2ncccc21. The number of rotatable bonds is 2. The van der Waals surface area contributed by atoms with E-state index >= 15 is 0 Å². The summed E-state index contributed by atoms with van der Waals surface area (Å²) in [6, 6.07) is 10.2. The van der Waals surface area contributed by atoms with Gasteiger partial charge in [0.15, 0.2) is 0 Å². The van der Waals surface area contributed by atoms with Crippen molar-refractivity contribution in [2.45, 2.75) is 24.8 Å². The molecule has 1 aliphatic carbocycles. The van der Waals surface area contributed by atoms with E-state index < -0.39 is 5.54 Å². The molecule has 4 nitrogen and oxygen atoms in total. The van der Waals surface area contributed by atoms with Gasteiger partial charge in [-0.3, -0.25) is 9.88 Å². The highest BCUT2D eigenvalue weighted by Crippen LogP contribution is 2.46. The van der Waals surface area contributed by atoms with Crippen molar-refractivity contribution in [3.05, 3.63) is 59.7 Å². The van der Waals surface area contributed by atoms with Crippen LogP contribution < -0.4 is 10.2 Å². The Labute approximate surface area is 128 Å². The molecule has 4 rings (SSSR count). The predicted molar refractivity (Wildman–Crippen MR) is 81.1 cm³/mol. The number of carbonyl (C=O) groups excluding carboxylic acids is 1. The van der Waals surface area contributed by atoms with Crippen LogP contribution in [0.25, 0.3) is 0 Å². The van der Waals surface area contributed by atoms with Crippen LogP contribution in [0.5, 0.6) is 0 Å². The number of fused-ring (bicyclic) bond motifs is 1. The van der Waals surface area contributed by atoms with Crippen LogP contribution in [0.1, 0.15) is 24.1 Å². The van der Waals surface area contributed by atoms with Gasteiger partial charge in [0.25, 0.3) is 0 Å². The smallest absolute Gasteiger partial charge is 0.322 e. The van der Waals surface area contributed by atoms with Gasteiger partial charge < -0.3 is 5.32 Å². The van der Waals surface area contributed by atoms with Crippen LogP contribution in [0.15, 0.2) is 42.6 Å². The Kier molecular flexibility index (Phi) is 2.89. The molecule has 2 aliphatic rings. The van der Waals surface area contributed by atoms with E-state index in [-0.39, 0.29) is 11.8 Å². The normalized spacial score (nSPS) is 18.0. The van der Waals surface area contributed by atoms with Gasteiger partial charge in [-0.15, -0.1) is 0 Å². The fraction of sp³-hybridized carbons (Fsp3) is 0.294. The number of hydrogen-bond acceptors (Lipinski definition) is 2. The van der Waals surface area contributed by atoms with Gasteiger partial charge in [-0.1, -0.05) is 18.2 Å². The van der Waals surface area contributed by atoms with Crippen LogP contribution in [0.2, 0.25) is 0 Å². The first-order chi connectivity index (χ1) is 10.7. The van der Waals surface area contributed by atoms with E-state index in [9.17, 15) is 9.18 Å². The summed E-state index contributed by atoms with van der Waals surface area (Å²) in [6.07, 6.45) is 4.04. The molecule has 1 aromatic carbocycles. The zero-order chi connectivity index (χ0) is 15.2. The van der Waals surface area contributed by atoms with Gasteiger partial charge in [0.2, 0.25) is 0 Å². The summed E-state index contributed by atoms with van der Waals surface area (Å²) in [5, 5.41) is 3.03. The number of halogens is 1. The van der Waals surface area contributed by atoms with E-state index in [1.54, 1.807) is 29.3 Å². The maximum Gasteiger partial charge on any atom is 0.322 e. The minimum absolute atomic E-state index is 0.174. The minimum atomic E-state index is -0.548. The monoisotopic (exact) mass is 297 g/mol. The van der Waals surface area contributed by atoms with Gasteiger partial charge >= 0.3 is 6.03 Å². The third-order valence-corrected chi connectivity index (χ3v) is 4.46. The molecule has 0 unspecified atom stereocenters. The molecular formula is C17H16FN3O. The first-order valence-corrected chi connectivity index (χ1v) is 7.48. The van der Waals surface area contributed by atoms with E-state index in [2.05, 4.69) is 10.3 Å². The van der Waals surface area contributed by atoms with Crippen LogP contribution in [0, 0.1) is 5.82 Å². The number of aromatic nitrogens is 1. The number of pyridine rings is 1. The van der Waals surface area contributed by atoms with Crippen LogP contribution in [0.4, 0.5) is 14.9 Å². The van der Waals surface area contributed by atoms with Crippen molar-refractivity contribution in [3.8, 4) is 0 Å². The number of nitrogens with zero attached hydrogens (tertiary/aromatic N) is 2. The Morgan fingerprint density at radius 2 is 2.05 bits per heavy atom. The molecule has 0 spiro atoms. The number of carbonyl (C=O) groups is 1. The largest absolute Gasteiger partial charge is 0.328 e. The Morgan fingerprint density at radius 1 is 1.23 bits per heavy atom. The van der Waals surface area contributed by atoms with Crippen molar-refractivity contribution in [2.75, 3.05) is 11.4 Å². The Balaban J connectivity index is 1.58. The average molecular weight is 297 g/mol. The molecule has 0 radical (unpaired) electrons. The lowest BCUT2D eigenvalue weighted by Gasteiger charge is -2.24. The van der Waals surface area contributed by atoms with Crippen LogP contribution in [-0.2, 0) is 12.0 Å². The first kappa shape index (κ1) is 13.2. The lowest BCUT2D eigenvalue weighted by atomic mass is 10.0. The predicted octanol–water partition coefficient (Wildman–Crippen LogP) is 2.98. The maximum absolute atomic E-state index is 14.0. The van der Waals surface area contributed by atoms with Crippen molar-refractivity contribution in [2.24, 2.45) is 0 Å². The third kappa shape index (κ3) is 2.04. The second-order valence-corrected chi connectivity index (χ2v) is 5.86. The molecule has 1 aliphatic heterocycles. The van der Waals surface area contributed by atoms with Crippen LogP contribution >= 0.6 is 0 Å². The molecular weight excluding hydrogens is 281 g/mol. The summed E-state index contributed by atoms with van der Waals surface area (Å²) in [5.74, 6) is -0.260. The molecule has 2 aromatic rings. The first-order valence-electron chi connectivity index (χ1n) is 7.48. The topological polar surface area (TPSA) is 45.2 Å². The molecule has 2 amide bonds. The molecule has 0 bridgehead atoms. The zero-order valence-electron chi connectivity index (χ0n) is 12.1. The molecule has 22 heavy (non-hydrogen) atoms. The number of hydrogen-bond donors (Lipinski definition) is 1. The fourth-order valence-electron chi connectivity index (χ4n) is 3.13. The second kappa shape index (κ2) is 4.80. The van der Waals surface area contributed by atoms with Crippen molar-refractivity contribution < 1.29 is 9.18 Å². The number of urea groups is 1. The standard InChI is InChI=1S/C17H16FN3O/c18-13-5-2-1-4-12(13)17(8-9-17)20-16(22)21-11-7-14-15(21)6-3-10-19-14/h1-6,10H,7-9,11H2,(H,20,22). The molecule has 1 N–H and O–H groups in total. The molecule has 112 valence electrons. The molecule has 5 heteroatoms. The Bertz CT molecular complexity index is 742. The number of benzene rings is 1. The summed E-state index contributed by atoms with van der Waals surface area (Å²) in [6.45, 7) is 0.617. The van der Waals surface area contributed by atoms with Gasteiger partial charge in [-0.25, -0.2) is 9.18 Å². The Morgan fingerprint density at radius 3 is 2.82 bits per heavy atom. The molecule has 1 aromatic heterocycles. The molecule has 2 heterocycles. The fourth-order valence-corrected chi connectivity index (χ4v) is 3.13. The highest BCUT2D eigenvalue weighted by Gasteiger charge is 2.48. The van der Waals surface area contributed by atoms with Gasteiger partial charge in [-0.2, -0.15) is 0 Å². The van der Waals surface area contributed by atoms with Crippen LogP contribution in [-0.4, -0.2) is 17.6 Å². The van der Waals surface area contributed by atoms with E-state index in [1.807, 2.05) is 12.1 Å².